The largest absolute Gasteiger partial charge is 0.449 e. The smallest absolute Gasteiger partial charge is 0.339 e. The monoisotopic (exact) mass is 390 g/mol. The fourth-order valence-corrected chi connectivity index (χ4v) is 4.71. The van der Waals surface area contributed by atoms with Gasteiger partial charge in [0.2, 0.25) is 0 Å². The molecule has 2 aromatic rings. The normalized spacial score (nSPS) is 15.1. The van der Waals surface area contributed by atoms with Gasteiger partial charge in [-0.25, -0.2) is 9.78 Å². The zero-order valence-corrected chi connectivity index (χ0v) is 16.6. The molecule has 1 aliphatic rings. The highest BCUT2D eigenvalue weighted by atomic mass is 32.2. The number of carbonyl (C=O) groups is 2. The van der Waals surface area contributed by atoms with Gasteiger partial charge < -0.3 is 9.64 Å². The number of thioether (sulfide) groups is 1. The summed E-state index contributed by atoms with van der Waals surface area (Å²) >= 11 is 3.19. The lowest BCUT2D eigenvalue weighted by Crippen LogP contribution is -2.38. The van der Waals surface area contributed by atoms with Gasteiger partial charge in [0.15, 0.2) is 6.10 Å². The molecule has 138 valence electrons. The number of aryl methyl sites for hydroxylation is 1. The third-order valence-corrected chi connectivity index (χ3v) is 6.42. The fourth-order valence-electron chi connectivity index (χ4n) is 2.85. The molecule has 0 N–H and O–H groups in total. The maximum atomic E-state index is 12.6. The Bertz CT molecular complexity index is 785. The van der Waals surface area contributed by atoms with Crippen molar-refractivity contribution in [3.63, 3.8) is 0 Å². The summed E-state index contributed by atoms with van der Waals surface area (Å²) in [5.74, 6) is 0.0738. The van der Waals surface area contributed by atoms with Crippen LogP contribution in [-0.4, -0.2) is 41.0 Å². The van der Waals surface area contributed by atoms with Crippen molar-refractivity contribution in [3.05, 3.63) is 46.5 Å². The third kappa shape index (κ3) is 4.65. The number of esters is 1. The lowest BCUT2D eigenvalue weighted by Gasteiger charge is -2.20. The number of carbonyl (C=O) groups excluding carboxylic acids is 2. The van der Waals surface area contributed by atoms with Crippen molar-refractivity contribution in [1.29, 1.82) is 0 Å². The third-order valence-electron chi connectivity index (χ3n) is 4.24. The van der Waals surface area contributed by atoms with Crippen molar-refractivity contribution in [1.82, 2.24) is 9.88 Å². The van der Waals surface area contributed by atoms with Crippen molar-refractivity contribution in [2.75, 3.05) is 13.1 Å². The number of ether oxygens (including phenoxy) is 1. The minimum atomic E-state index is -0.761. The molecule has 5 nitrogen and oxygen atoms in total. The van der Waals surface area contributed by atoms with Crippen LogP contribution < -0.4 is 0 Å². The standard InChI is InChI=1S/C19H22N2O3S2/c1-13-11-25-19(20-13)26-12-15-7-3-4-8-16(15)18(23)24-14(2)17(22)21-9-5-6-10-21/h3-4,7-8,11,14H,5-6,9-10,12H2,1-2H3/t14-/m0/s1. The summed E-state index contributed by atoms with van der Waals surface area (Å²) in [6.45, 7) is 5.11. The van der Waals surface area contributed by atoms with Crippen LogP contribution in [-0.2, 0) is 15.3 Å². The van der Waals surface area contributed by atoms with Crippen LogP contribution in [0.4, 0.5) is 0 Å². The Labute approximate surface area is 161 Å². The van der Waals surface area contributed by atoms with Crippen LogP contribution in [0, 0.1) is 6.92 Å². The molecule has 0 spiro atoms. The van der Waals surface area contributed by atoms with Crippen LogP contribution in [0.5, 0.6) is 0 Å². The molecule has 3 rings (SSSR count). The van der Waals surface area contributed by atoms with E-state index in [9.17, 15) is 9.59 Å². The van der Waals surface area contributed by atoms with Crippen LogP contribution in [0.25, 0.3) is 0 Å². The van der Waals surface area contributed by atoms with E-state index in [-0.39, 0.29) is 5.91 Å². The fraction of sp³-hybridized carbons (Fsp3) is 0.421. The maximum Gasteiger partial charge on any atom is 0.339 e. The summed E-state index contributed by atoms with van der Waals surface area (Å²) in [5, 5.41) is 2.01. The minimum absolute atomic E-state index is 0.110. The second-order valence-electron chi connectivity index (χ2n) is 6.28. The van der Waals surface area contributed by atoms with Crippen molar-refractivity contribution in [2.45, 2.75) is 42.9 Å². The molecule has 0 unspecified atom stereocenters. The van der Waals surface area contributed by atoms with E-state index in [0.29, 0.717) is 11.3 Å². The number of rotatable bonds is 6. The minimum Gasteiger partial charge on any atom is -0.449 e. The Morgan fingerprint density at radius 3 is 2.73 bits per heavy atom. The summed E-state index contributed by atoms with van der Waals surface area (Å²) in [6, 6.07) is 7.37. The lowest BCUT2D eigenvalue weighted by atomic mass is 10.1. The number of nitrogens with zero attached hydrogens (tertiary/aromatic N) is 2. The Hall–Kier alpha value is -1.86. The molecule has 1 amide bonds. The van der Waals surface area contributed by atoms with Crippen molar-refractivity contribution in [2.24, 2.45) is 0 Å². The van der Waals surface area contributed by atoms with Crippen LogP contribution in [0.15, 0.2) is 34.0 Å². The average molecular weight is 391 g/mol. The molecule has 0 radical (unpaired) electrons. The first-order chi connectivity index (χ1) is 12.5. The summed E-state index contributed by atoms with van der Waals surface area (Å²) in [7, 11) is 0. The van der Waals surface area contributed by atoms with Crippen molar-refractivity contribution < 1.29 is 14.3 Å². The zero-order chi connectivity index (χ0) is 18.5. The molecule has 0 saturated carbocycles. The highest BCUT2D eigenvalue weighted by Gasteiger charge is 2.26. The van der Waals surface area contributed by atoms with Gasteiger partial charge in [0.25, 0.3) is 5.91 Å². The van der Waals surface area contributed by atoms with E-state index in [1.165, 1.54) is 0 Å². The first kappa shape index (κ1) is 18.9. The van der Waals surface area contributed by atoms with E-state index in [0.717, 1.165) is 41.5 Å². The summed E-state index contributed by atoms with van der Waals surface area (Å²) < 4.78 is 6.43. The molecule has 1 atom stereocenters. The van der Waals surface area contributed by atoms with Gasteiger partial charge in [-0.05, 0) is 38.3 Å². The van der Waals surface area contributed by atoms with Gasteiger partial charge in [-0.1, -0.05) is 30.0 Å². The van der Waals surface area contributed by atoms with Gasteiger partial charge in [-0.2, -0.15) is 0 Å². The number of likely N-dealkylation sites (tertiary alicyclic amines) is 1. The molecule has 1 aromatic carbocycles. The van der Waals surface area contributed by atoms with Gasteiger partial charge in [-0.3, -0.25) is 4.79 Å². The molecule has 0 aliphatic carbocycles. The topological polar surface area (TPSA) is 59.5 Å². The number of hydrogen-bond donors (Lipinski definition) is 0. The number of hydrogen-bond acceptors (Lipinski definition) is 6. The highest BCUT2D eigenvalue weighted by Crippen LogP contribution is 2.27. The zero-order valence-electron chi connectivity index (χ0n) is 14.9. The first-order valence-corrected chi connectivity index (χ1v) is 10.5. The number of aromatic nitrogens is 1. The number of benzene rings is 1. The van der Waals surface area contributed by atoms with Crippen LogP contribution in [0.1, 0.15) is 41.4 Å². The second-order valence-corrected chi connectivity index (χ2v) is 8.36. The van der Waals surface area contributed by atoms with Crippen LogP contribution >= 0.6 is 23.1 Å². The predicted octanol–water partition coefficient (Wildman–Crippen LogP) is 3.91. The summed E-state index contributed by atoms with van der Waals surface area (Å²) in [4.78, 5) is 31.1. The average Bonchev–Trinajstić information content (AvgIpc) is 3.31. The summed E-state index contributed by atoms with van der Waals surface area (Å²) in [5.41, 5.74) is 2.39. The molecule has 2 heterocycles. The molecule has 1 aliphatic heterocycles. The highest BCUT2D eigenvalue weighted by molar-refractivity contribution is 8.00. The molecule has 1 fully saturated rings. The lowest BCUT2D eigenvalue weighted by molar-refractivity contribution is -0.138. The van der Waals surface area contributed by atoms with Crippen molar-refractivity contribution >= 4 is 35.0 Å². The number of thiazole rings is 1. The first-order valence-electron chi connectivity index (χ1n) is 8.67. The van der Waals surface area contributed by atoms with Gasteiger partial charge in [0, 0.05) is 29.9 Å². The van der Waals surface area contributed by atoms with Gasteiger partial charge in [0.05, 0.1) is 5.56 Å². The van der Waals surface area contributed by atoms with Gasteiger partial charge in [0.1, 0.15) is 4.34 Å². The summed E-state index contributed by atoms with van der Waals surface area (Å²) in [6.07, 6.45) is 1.27. The van der Waals surface area contributed by atoms with E-state index in [2.05, 4.69) is 4.98 Å². The van der Waals surface area contributed by atoms with E-state index < -0.39 is 12.1 Å². The predicted molar refractivity (Wildman–Crippen MR) is 104 cm³/mol. The maximum absolute atomic E-state index is 12.6. The van der Waals surface area contributed by atoms with E-state index in [1.54, 1.807) is 41.0 Å². The van der Waals surface area contributed by atoms with E-state index >= 15 is 0 Å². The Morgan fingerprint density at radius 1 is 1.31 bits per heavy atom. The Morgan fingerprint density at radius 2 is 2.04 bits per heavy atom. The van der Waals surface area contributed by atoms with Gasteiger partial charge in [-0.15, -0.1) is 11.3 Å². The molecule has 1 aromatic heterocycles. The SMILES string of the molecule is Cc1csc(SCc2ccccc2C(=O)O[C@@H](C)C(=O)N2CCCC2)n1. The quantitative estimate of drug-likeness (QED) is 0.553. The van der Waals surface area contributed by atoms with E-state index in [1.807, 2.05) is 30.5 Å². The molecule has 7 heteroatoms. The second kappa shape index (κ2) is 8.68. The molecule has 26 heavy (non-hydrogen) atoms. The molecule has 0 bridgehead atoms. The Balaban J connectivity index is 1.64. The Kier molecular flexibility index (Phi) is 6.32. The van der Waals surface area contributed by atoms with Crippen LogP contribution in [0.2, 0.25) is 0 Å². The van der Waals surface area contributed by atoms with Gasteiger partial charge >= 0.3 is 5.97 Å². The molecular formula is C19H22N2O3S2. The van der Waals surface area contributed by atoms with Crippen molar-refractivity contribution in [3.8, 4) is 0 Å². The van der Waals surface area contributed by atoms with Crippen LogP contribution in [0.3, 0.4) is 0 Å². The van der Waals surface area contributed by atoms with E-state index in [4.69, 9.17) is 4.74 Å². The molecular weight excluding hydrogens is 368 g/mol. The number of amides is 1. The molecule has 1 saturated heterocycles.